The highest BCUT2D eigenvalue weighted by Gasteiger charge is 2.14. The summed E-state index contributed by atoms with van der Waals surface area (Å²) in [5.41, 5.74) is 4.97. The Labute approximate surface area is 269 Å². The van der Waals surface area contributed by atoms with Gasteiger partial charge < -0.3 is 14.2 Å². The highest BCUT2D eigenvalue weighted by molar-refractivity contribution is 9.10. The molecule has 0 spiro atoms. The van der Waals surface area contributed by atoms with Crippen LogP contribution in [-0.4, -0.2) is 48.0 Å². The number of ether oxygens (including phenoxy) is 3. The maximum atomic E-state index is 12.4. The van der Waals surface area contributed by atoms with Crippen molar-refractivity contribution in [2.24, 2.45) is 5.10 Å². The van der Waals surface area contributed by atoms with Crippen molar-refractivity contribution in [3.63, 3.8) is 0 Å². The molecule has 0 fully saturated rings. The smallest absolute Gasteiger partial charge is 0.257 e. The number of amides is 2. The van der Waals surface area contributed by atoms with Crippen LogP contribution in [0.15, 0.2) is 76.3 Å². The van der Waals surface area contributed by atoms with Crippen LogP contribution in [0, 0.1) is 0 Å². The minimum atomic E-state index is -0.378. The number of hydrogen-bond donors (Lipinski definition) is 2. The van der Waals surface area contributed by atoms with E-state index in [9.17, 15) is 9.59 Å². The van der Waals surface area contributed by atoms with E-state index in [4.69, 9.17) is 14.2 Å². The van der Waals surface area contributed by atoms with Crippen LogP contribution in [0.4, 0.5) is 5.13 Å². The largest absolute Gasteiger partial charge is 0.490 e. The normalized spacial score (nSPS) is 11.6. The molecule has 0 unspecified atom stereocenters. The second-order valence-corrected chi connectivity index (χ2v) is 11.5. The van der Waals surface area contributed by atoms with Gasteiger partial charge >= 0.3 is 0 Å². The Balaban J connectivity index is 1.27. The number of hydrogen-bond acceptors (Lipinski definition) is 9. The molecule has 0 saturated carbocycles. The molecule has 0 bridgehead atoms. The average Bonchev–Trinajstić information content (AvgIpc) is 3.46. The summed E-state index contributed by atoms with van der Waals surface area (Å²) in [6, 6.07) is 20.5. The minimum Gasteiger partial charge on any atom is -0.490 e. The van der Waals surface area contributed by atoms with Gasteiger partial charge in [0.1, 0.15) is 24.0 Å². The van der Waals surface area contributed by atoms with Crippen LogP contribution >= 0.6 is 27.3 Å². The highest BCUT2D eigenvalue weighted by atomic mass is 79.9. The first-order valence-electron chi connectivity index (χ1n) is 14.2. The number of benzene rings is 3. The summed E-state index contributed by atoms with van der Waals surface area (Å²) in [6.07, 6.45) is 2.56. The minimum absolute atomic E-state index is 0.0407. The fourth-order valence-corrected chi connectivity index (χ4v) is 5.29. The molecule has 3 aromatic carbocycles. The molecule has 2 N–H and O–H groups in total. The summed E-state index contributed by atoms with van der Waals surface area (Å²) < 4.78 is 18.3. The number of halogens is 1. The predicted molar refractivity (Wildman–Crippen MR) is 175 cm³/mol. The lowest BCUT2D eigenvalue weighted by Gasteiger charge is -2.15. The first-order chi connectivity index (χ1) is 21.4. The maximum absolute atomic E-state index is 12.4. The van der Waals surface area contributed by atoms with Gasteiger partial charge in [0, 0.05) is 5.56 Å². The Bertz CT molecular complexity index is 1560. The fourth-order valence-electron chi connectivity index (χ4n) is 3.99. The first-order valence-corrected chi connectivity index (χ1v) is 15.8. The van der Waals surface area contributed by atoms with Crippen LogP contribution in [0.25, 0.3) is 0 Å². The summed E-state index contributed by atoms with van der Waals surface area (Å²) in [4.78, 5) is 24.7. The molecule has 0 saturated heterocycles. The van der Waals surface area contributed by atoms with Crippen LogP contribution in [-0.2, 0) is 11.2 Å². The average molecular weight is 681 g/mol. The fraction of sp³-hybridized carbons (Fsp3) is 0.281. The van der Waals surface area contributed by atoms with E-state index in [-0.39, 0.29) is 18.2 Å². The molecule has 1 heterocycles. The van der Waals surface area contributed by atoms with E-state index < -0.39 is 0 Å². The molecule has 4 rings (SSSR count). The predicted octanol–water partition coefficient (Wildman–Crippen LogP) is 6.62. The van der Waals surface area contributed by atoms with Crippen molar-refractivity contribution in [3.05, 3.63) is 92.9 Å². The molecular formula is C32H34BrN5O5S. The Morgan fingerprint density at radius 2 is 1.75 bits per heavy atom. The van der Waals surface area contributed by atoms with Gasteiger partial charge in [-0.3, -0.25) is 14.9 Å². The van der Waals surface area contributed by atoms with Crippen molar-refractivity contribution in [2.45, 2.75) is 39.5 Å². The van der Waals surface area contributed by atoms with E-state index in [1.54, 1.807) is 30.3 Å². The molecule has 1 atom stereocenters. The van der Waals surface area contributed by atoms with Gasteiger partial charge in [-0.2, -0.15) is 5.10 Å². The highest BCUT2D eigenvalue weighted by Crippen LogP contribution is 2.36. The van der Waals surface area contributed by atoms with Crippen LogP contribution in [0.3, 0.4) is 0 Å². The zero-order chi connectivity index (χ0) is 31.3. The van der Waals surface area contributed by atoms with Gasteiger partial charge in [-0.1, -0.05) is 55.5 Å². The number of anilines is 1. The monoisotopic (exact) mass is 679 g/mol. The molecule has 4 aromatic rings. The SMILES string of the molecule is CCOc1cc(/C=N\NC(=O)Cc2nnc(NC(=O)c3ccccc3)s2)cc(Br)c1OCCOc1ccc([C@@H](C)CC)cc1. The van der Waals surface area contributed by atoms with Gasteiger partial charge in [0.15, 0.2) is 11.5 Å². The third-order valence-corrected chi connectivity index (χ3v) is 7.86. The van der Waals surface area contributed by atoms with E-state index in [1.165, 1.54) is 11.8 Å². The van der Waals surface area contributed by atoms with E-state index in [1.807, 2.05) is 31.2 Å². The Kier molecular flexibility index (Phi) is 12.3. The lowest BCUT2D eigenvalue weighted by molar-refractivity contribution is -0.120. The molecule has 44 heavy (non-hydrogen) atoms. The molecule has 0 aliphatic heterocycles. The quantitative estimate of drug-likeness (QED) is 0.0823. The number of nitrogens with zero attached hydrogens (tertiary/aromatic N) is 3. The van der Waals surface area contributed by atoms with Gasteiger partial charge in [0.05, 0.1) is 23.7 Å². The molecule has 2 amide bonds. The maximum Gasteiger partial charge on any atom is 0.257 e. The zero-order valence-electron chi connectivity index (χ0n) is 24.7. The van der Waals surface area contributed by atoms with E-state index in [0.717, 1.165) is 23.5 Å². The number of rotatable bonds is 15. The van der Waals surface area contributed by atoms with Crippen LogP contribution in [0.5, 0.6) is 17.2 Å². The van der Waals surface area contributed by atoms with E-state index >= 15 is 0 Å². The summed E-state index contributed by atoms with van der Waals surface area (Å²) in [5, 5.41) is 15.4. The second kappa shape index (κ2) is 16.5. The molecule has 0 aliphatic carbocycles. The van der Waals surface area contributed by atoms with Crippen molar-refractivity contribution >= 4 is 50.4 Å². The molecular weight excluding hydrogens is 646 g/mol. The summed E-state index contributed by atoms with van der Waals surface area (Å²) >= 11 is 4.68. The van der Waals surface area contributed by atoms with Crippen molar-refractivity contribution in [3.8, 4) is 17.2 Å². The third kappa shape index (κ3) is 9.61. The number of aromatic nitrogens is 2. The Morgan fingerprint density at radius 1 is 1.00 bits per heavy atom. The van der Waals surface area contributed by atoms with Gasteiger partial charge in [-0.25, -0.2) is 5.43 Å². The van der Waals surface area contributed by atoms with Gasteiger partial charge in [0.25, 0.3) is 5.91 Å². The molecule has 1 aromatic heterocycles. The van der Waals surface area contributed by atoms with Crippen molar-refractivity contribution in [1.29, 1.82) is 0 Å². The standard InChI is InChI=1S/C32H34BrN5O5S/c1-4-21(3)23-11-13-25(14-12-23)42-15-16-43-30-26(33)17-22(18-27(30)41-5-2)20-34-36-28(39)19-29-37-38-32(44-29)35-31(40)24-9-7-6-8-10-24/h6-14,17-18,20-21H,4-5,15-16,19H2,1-3H3,(H,36,39)(H,35,38,40)/b34-20-/t21-/m0/s1. The molecule has 0 aliphatic rings. The molecule has 12 heteroatoms. The molecule has 0 radical (unpaired) electrons. The zero-order valence-corrected chi connectivity index (χ0v) is 27.1. The number of carbonyl (C=O) groups excluding carboxylic acids is 2. The van der Waals surface area contributed by atoms with Crippen molar-refractivity contribution < 1.29 is 23.8 Å². The Hall–Kier alpha value is -4.29. The van der Waals surface area contributed by atoms with Crippen LogP contribution in [0.1, 0.15) is 59.6 Å². The van der Waals surface area contributed by atoms with Crippen LogP contribution in [0.2, 0.25) is 0 Å². The van der Waals surface area contributed by atoms with Gasteiger partial charge in [-0.15, -0.1) is 10.2 Å². The third-order valence-electron chi connectivity index (χ3n) is 6.43. The number of hydrazone groups is 1. The van der Waals surface area contributed by atoms with Gasteiger partial charge in [0.2, 0.25) is 11.0 Å². The number of carbonyl (C=O) groups is 2. The van der Waals surface area contributed by atoms with Crippen molar-refractivity contribution in [2.75, 3.05) is 25.1 Å². The summed E-state index contributed by atoms with van der Waals surface area (Å²) in [5.74, 6) is 1.72. The van der Waals surface area contributed by atoms with Crippen LogP contribution < -0.4 is 25.0 Å². The molecule has 230 valence electrons. The lowest BCUT2D eigenvalue weighted by Crippen LogP contribution is -2.19. The summed E-state index contributed by atoms with van der Waals surface area (Å²) in [7, 11) is 0. The summed E-state index contributed by atoms with van der Waals surface area (Å²) in [6.45, 7) is 7.39. The lowest BCUT2D eigenvalue weighted by atomic mass is 9.99. The first kappa shape index (κ1) is 32.6. The van der Waals surface area contributed by atoms with E-state index in [0.29, 0.717) is 63.0 Å². The van der Waals surface area contributed by atoms with Crippen molar-refractivity contribution in [1.82, 2.24) is 15.6 Å². The second-order valence-electron chi connectivity index (χ2n) is 9.63. The Morgan fingerprint density at radius 3 is 2.48 bits per heavy atom. The number of nitrogens with one attached hydrogen (secondary N) is 2. The van der Waals surface area contributed by atoms with Gasteiger partial charge in [-0.05, 0) is 82.7 Å². The molecule has 10 nitrogen and oxygen atoms in total. The van der Waals surface area contributed by atoms with E-state index in [2.05, 4.69) is 68.0 Å². The topological polar surface area (TPSA) is 124 Å².